The number of aliphatic hydroxyl groups excluding tert-OH is 1. The van der Waals surface area contributed by atoms with E-state index >= 15 is 0 Å². The molecule has 1 amide bonds. The summed E-state index contributed by atoms with van der Waals surface area (Å²) in [6.45, 7) is 0.425. The second-order valence-corrected chi connectivity index (χ2v) is 4.15. The molecule has 1 aliphatic rings. The molecule has 0 aliphatic heterocycles. The molecule has 0 spiro atoms. The Kier molecular flexibility index (Phi) is 3.56. The molecule has 2 rings (SSSR count). The first-order valence-electron chi connectivity index (χ1n) is 5.73. The van der Waals surface area contributed by atoms with Crippen LogP contribution >= 0.6 is 0 Å². The van der Waals surface area contributed by atoms with Crippen LogP contribution in [0, 0.1) is 0 Å². The van der Waals surface area contributed by atoms with Crippen LogP contribution in [0.15, 0.2) is 12.4 Å². The smallest absolute Gasteiger partial charge is 0.257 e. The average Bonchev–Trinajstić information content (AvgIpc) is 2.96. The topological polar surface area (TPSA) is 69.2 Å². The molecule has 2 N–H and O–H groups in total. The van der Waals surface area contributed by atoms with Gasteiger partial charge in [-0.3, -0.25) is 9.89 Å². The lowest BCUT2D eigenvalue weighted by molar-refractivity contribution is 0.0638. The number of carbonyl (C=O) groups excluding carboxylic acids is 1. The van der Waals surface area contributed by atoms with E-state index in [1.54, 1.807) is 11.1 Å². The Hall–Kier alpha value is -1.36. The molecule has 1 aromatic heterocycles. The summed E-state index contributed by atoms with van der Waals surface area (Å²) in [5.41, 5.74) is 0.570. The van der Waals surface area contributed by atoms with Gasteiger partial charge in [0.25, 0.3) is 5.91 Å². The fraction of sp³-hybridized carbons (Fsp3) is 0.636. The number of amides is 1. The fourth-order valence-electron chi connectivity index (χ4n) is 2.31. The summed E-state index contributed by atoms with van der Waals surface area (Å²) in [6, 6.07) is 0.287. The molecular formula is C11H17N3O2. The molecule has 1 heterocycles. The average molecular weight is 223 g/mol. The summed E-state index contributed by atoms with van der Waals surface area (Å²) in [4.78, 5) is 13.9. The third kappa shape index (κ3) is 2.24. The van der Waals surface area contributed by atoms with Gasteiger partial charge in [-0.2, -0.15) is 5.10 Å². The highest BCUT2D eigenvalue weighted by Gasteiger charge is 2.27. The van der Waals surface area contributed by atoms with Crippen molar-refractivity contribution in [1.82, 2.24) is 15.1 Å². The number of carbonyl (C=O) groups is 1. The summed E-state index contributed by atoms with van der Waals surface area (Å²) in [5.74, 6) is -0.0327. The van der Waals surface area contributed by atoms with Crippen LogP contribution in [0.3, 0.4) is 0 Å². The first-order chi connectivity index (χ1) is 7.83. The van der Waals surface area contributed by atoms with Crippen LogP contribution in [0.5, 0.6) is 0 Å². The van der Waals surface area contributed by atoms with Crippen molar-refractivity contribution in [3.05, 3.63) is 18.0 Å². The number of nitrogens with one attached hydrogen (secondary N) is 1. The zero-order chi connectivity index (χ0) is 11.4. The van der Waals surface area contributed by atoms with Gasteiger partial charge < -0.3 is 10.0 Å². The highest BCUT2D eigenvalue weighted by Crippen LogP contribution is 2.24. The van der Waals surface area contributed by atoms with Gasteiger partial charge in [-0.05, 0) is 12.8 Å². The van der Waals surface area contributed by atoms with E-state index in [0.717, 1.165) is 12.8 Å². The van der Waals surface area contributed by atoms with E-state index in [0.29, 0.717) is 12.1 Å². The van der Waals surface area contributed by atoms with E-state index in [1.807, 2.05) is 0 Å². The van der Waals surface area contributed by atoms with Crippen molar-refractivity contribution in [3.63, 3.8) is 0 Å². The number of rotatable bonds is 4. The number of H-pyrrole nitrogens is 1. The normalized spacial score (nSPS) is 16.6. The van der Waals surface area contributed by atoms with E-state index in [9.17, 15) is 4.79 Å². The SMILES string of the molecule is O=C(c1cn[nH]c1)N(CCO)C1CCCC1. The monoisotopic (exact) mass is 223 g/mol. The van der Waals surface area contributed by atoms with Gasteiger partial charge in [-0.15, -0.1) is 0 Å². The molecule has 0 saturated heterocycles. The zero-order valence-electron chi connectivity index (χ0n) is 9.22. The minimum atomic E-state index is -0.0327. The summed E-state index contributed by atoms with van der Waals surface area (Å²) in [7, 11) is 0. The van der Waals surface area contributed by atoms with Crippen LogP contribution in [-0.2, 0) is 0 Å². The Morgan fingerprint density at radius 2 is 2.31 bits per heavy atom. The number of aliphatic hydroxyl groups is 1. The predicted octanol–water partition coefficient (Wildman–Crippen LogP) is 0.787. The Morgan fingerprint density at radius 3 is 2.88 bits per heavy atom. The van der Waals surface area contributed by atoms with Gasteiger partial charge >= 0.3 is 0 Å². The van der Waals surface area contributed by atoms with Crippen LogP contribution in [0.4, 0.5) is 0 Å². The van der Waals surface area contributed by atoms with Crippen molar-refractivity contribution in [2.24, 2.45) is 0 Å². The quantitative estimate of drug-likeness (QED) is 0.792. The summed E-state index contributed by atoms with van der Waals surface area (Å²) in [5, 5.41) is 15.4. The predicted molar refractivity (Wildman–Crippen MR) is 59.0 cm³/mol. The van der Waals surface area contributed by atoms with Crippen molar-refractivity contribution in [1.29, 1.82) is 0 Å². The molecule has 0 aromatic carbocycles. The van der Waals surface area contributed by atoms with Gasteiger partial charge in [0.2, 0.25) is 0 Å². The van der Waals surface area contributed by atoms with E-state index in [-0.39, 0.29) is 18.6 Å². The lowest BCUT2D eigenvalue weighted by Gasteiger charge is -2.27. The summed E-state index contributed by atoms with van der Waals surface area (Å²) < 4.78 is 0. The number of aromatic nitrogens is 2. The number of aromatic amines is 1. The zero-order valence-corrected chi connectivity index (χ0v) is 9.22. The van der Waals surface area contributed by atoms with E-state index < -0.39 is 0 Å². The molecule has 16 heavy (non-hydrogen) atoms. The maximum atomic E-state index is 12.1. The Labute approximate surface area is 94.5 Å². The molecule has 1 aliphatic carbocycles. The maximum Gasteiger partial charge on any atom is 0.257 e. The van der Waals surface area contributed by atoms with Crippen molar-refractivity contribution in [2.75, 3.05) is 13.2 Å². The van der Waals surface area contributed by atoms with E-state index in [1.165, 1.54) is 19.0 Å². The molecule has 5 heteroatoms. The standard InChI is InChI=1S/C11H17N3O2/c15-6-5-14(10-3-1-2-4-10)11(16)9-7-12-13-8-9/h7-8,10,15H,1-6H2,(H,12,13). The van der Waals surface area contributed by atoms with Gasteiger partial charge in [0.15, 0.2) is 0 Å². The molecule has 0 radical (unpaired) electrons. The molecular weight excluding hydrogens is 206 g/mol. The second kappa shape index (κ2) is 5.12. The van der Waals surface area contributed by atoms with Gasteiger partial charge in [0.05, 0.1) is 18.4 Å². The molecule has 5 nitrogen and oxygen atoms in total. The van der Waals surface area contributed by atoms with Crippen LogP contribution < -0.4 is 0 Å². The highest BCUT2D eigenvalue weighted by atomic mass is 16.3. The van der Waals surface area contributed by atoms with Crippen molar-refractivity contribution in [2.45, 2.75) is 31.7 Å². The summed E-state index contributed by atoms with van der Waals surface area (Å²) >= 11 is 0. The van der Waals surface area contributed by atoms with Crippen molar-refractivity contribution >= 4 is 5.91 Å². The third-order valence-corrected chi connectivity index (χ3v) is 3.11. The van der Waals surface area contributed by atoms with Crippen LogP contribution in [-0.4, -0.2) is 45.3 Å². The Bertz CT molecular complexity index is 331. The maximum absolute atomic E-state index is 12.1. The lowest BCUT2D eigenvalue weighted by atomic mass is 10.2. The molecule has 0 unspecified atom stereocenters. The van der Waals surface area contributed by atoms with Crippen LogP contribution in [0.2, 0.25) is 0 Å². The van der Waals surface area contributed by atoms with Crippen molar-refractivity contribution < 1.29 is 9.90 Å². The molecule has 0 bridgehead atoms. The lowest BCUT2D eigenvalue weighted by Crippen LogP contribution is -2.40. The van der Waals surface area contributed by atoms with Crippen LogP contribution in [0.1, 0.15) is 36.0 Å². The minimum absolute atomic E-state index is 0.0140. The third-order valence-electron chi connectivity index (χ3n) is 3.11. The molecule has 0 atom stereocenters. The number of hydrogen-bond donors (Lipinski definition) is 2. The molecule has 88 valence electrons. The van der Waals surface area contributed by atoms with Crippen molar-refractivity contribution in [3.8, 4) is 0 Å². The molecule has 1 saturated carbocycles. The number of nitrogens with zero attached hydrogens (tertiary/aromatic N) is 2. The van der Waals surface area contributed by atoms with Gasteiger partial charge in [-0.25, -0.2) is 0 Å². The highest BCUT2D eigenvalue weighted by molar-refractivity contribution is 5.93. The van der Waals surface area contributed by atoms with Gasteiger partial charge in [0, 0.05) is 18.8 Å². The number of hydrogen-bond acceptors (Lipinski definition) is 3. The molecule has 1 aromatic rings. The first kappa shape index (κ1) is 11.1. The van der Waals surface area contributed by atoms with Crippen LogP contribution in [0.25, 0.3) is 0 Å². The summed E-state index contributed by atoms with van der Waals surface area (Å²) in [6.07, 6.45) is 7.56. The first-order valence-corrected chi connectivity index (χ1v) is 5.73. The van der Waals surface area contributed by atoms with E-state index in [4.69, 9.17) is 5.11 Å². The van der Waals surface area contributed by atoms with E-state index in [2.05, 4.69) is 10.2 Å². The molecule has 1 fully saturated rings. The largest absolute Gasteiger partial charge is 0.395 e. The fourth-order valence-corrected chi connectivity index (χ4v) is 2.31. The second-order valence-electron chi connectivity index (χ2n) is 4.15. The Balaban J connectivity index is 2.09. The Morgan fingerprint density at radius 1 is 1.56 bits per heavy atom. The van der Waals surface area contributed by atoms with Gasteiger partial charge in [-0.1, -0.05) is 12.8 Å². The van der Waals surface area contributed by atoms with Gasteiger partial charge in [0.1, 0.15) is 0 Å². The minimum Gasteiger partial charge on any atom is -0.395 e.